The fourth-order valence-electron chi connectivity index (χ4n) is 5.66. The minimum atomic E-state index is -1.14. The Kier molecular flexibility index (Phi) is 10.7. The number of aromatic nitrogens is 1. The van der Waals surface area contributed by atoms with Crippen molar-refractivity contribution in [2.45, 2.75) is 37.2 Å². The molecule has 2 unspecified atom stereocenters. The quantitative estimate of drug-likeness (QED) is 0.229. The number of fused-ring (bicyclic) bond motifs is 3. The normalized spacial score (nSPS) is 19.3. The van der Waals surface area contributed by atoms with Gasteiger partial charge in [0.15, 0.2) is 5.72 Å². The number of nitrogens with zero attached hydrogens (tertiary/aromatic N) is 3. The molecule has 3 aliphatic rings. The highest BCUT2D eigenvalue weighted by Crippen LogP contribution is 2.43. The molecule has 46 heavy (non-hydrogen) atoms. The maximum Gasteiger partial charge on any atom is 0.286 e. The van der Waals surface area contributed by atoms with Crippen molar-refractivity contribution in [1.29, 1.82) is 0 Å². The Morgan fingerprint density at radius 3 is 2.43 bits per heavy atom. The van der Waals surface area contributed by atoms with Crippen LogP contribution >= 0.6 is 35.8 Å². The number of rotatable bonds is 8. The lowest BCUT2D eigenvalue weighted by Crippen LogP contribution is -2.43. The zero-order valence-corrected chi connectivity index (χ0v) is 27.6. The number of nitrogens with one attached hydrogen (secondary N) is 1. The predicted octanol–water partition coefficient (Wildman–Crippen LogP) is 6.19. The van der Waals surface area contributed by atoms with Gasteiger partial charge in [-0.15, -0.1) is 12.4 Å². The number of carbonyl (C=O) groups excluding carboxylic acids is 2. The molecule has 7 rings (SSSR count). The molecule has 3 aliphatic heterocycles. The molecule has 2 atom stereocenters. The molecule has 8 nitrogen and oxygen atoms in total. The van der Waals surface area contributed by atoms with Gasteiger partial charge >= 0.3 is 0 Å². The Bertz CT molecular complexity index is 1720. The highest BCUT2D eigenvalue weighted by Gasteiger charge is 2.49. The number of aliphatic hydroxyl groups is 1. The molecule has 4 aromatic rings. The molecule has 4 heterocycles. The minimum Gasteiger partial charge on any atom is -0.493 e. The standard InChI is InChI=1S/C19H20N2O3S.C16H13ClN2O.ClH/c1-2-13-3-6-15(20-12-13)9-10-24-16-7-4-14(5-8-16)11-17-18(22)21-19(23)25-17;17-12-7-5-11(6-8-12)16(20)14-4-2-1-3-13(14)15-18-9-10-19(15)16;/h3-8,12,17H,2,9-11H2,1H3,(H,21,22,23);1-8,20H,9-10H2;1H. The summed E-state index contributed by atoms with van der Waals surface area (Å²) < 4.78 is 5.75. The van der Waals surface area contributed by atoms with Gasteiger partial charge in [-0.3, -0.25) is 24.9 Å². The van der Waals surface area contributed by atoms with Crippen LogP contribution in [0.25, 0.3) is 0 Å². The third-order valence-corrected chi connectivity index (χ3v) is 9.29. The van der Waals surface area contributed by atoms with E-state index in [1.807, 2.05) is 90.0 Å². The number of amidine groups is 1. The second kappa shape index (κ2) is 14.7. The molecule has 0 spiro atoms. The van der Waals surface area contributed by atoms with Crippen molar-refractivity contribution in [3.05, 3.63) is 130 Å². The number of carbonyl (C=O) groups is 2. The van der Waals surface area contributed by atoms with Crippen LogP contribution in [0.15, 0.2) is 96.1 Å². The highest BCUT2D eigenvalue weighted by atomic mass is 35.5. The number of ether oxygens (including phenoxy) is 1. The van der Waals surface area contributed by atoms with Crippen molar-refractivity contribution in [3.8, 4) is 5.75 Å². The Labute approximate surface area is 283 Å². The summed E-state index contributed by atoms with van der Waals surface area (Å²) in [4.78, 5) is 33.7. The summed E-state index contributed by atoms with van der Waals surface area (Å²) in [5, 5.41) is 13.7. The van der Waals surface area contributed by atoms with Crippen LogP contribution in [0.2, 0.25) is 5.02 Å². The van der Waals surface area contributed by atoms with E-state index in [2.05, 4.69) is 28.3 Å². The molecule has 238 valence electrons. The van der Waals surface area contributed by atoms with E-state index < -0.39 is 5.72 Å². The Morgan fingerprint density at radius 2 is 1.76 bits per heavy atom. The summed E-state index contributed by atoms with van der Waals surface area (Å²) in [6.45, 7) is 4.12. The maximum absolute atomic E-state index is 11.6. The molecule has 2 amide bonds. The summed E-state index contributed by atoms with van der Waals surface area (Å²) in [6, 6.07) is 27.0. The number of benzene rings is 3. The Balaban J connectivity index is 0.000000181. The number of imide groups is 1. The smallest absolute Gasteiger partial charge is 0.286 e. The van der Waals surface area contributed by atoms with Gasteiger partial charge in [-0.25, -0.2) is 0 Å². The van der Waals surface area contributed by atoms with Crippen LogP contribution in [0.5, 0.6) is 5.75 Å². The van der Waals surface area contributed by atoms with Crippen LogP contribution in [-0.4, -0.2) is 56.9 Å². The van der Waals surface area contributed by atoms with E-state index in [9.17, 15) is 14.7 Å². The van der Waals surface area contributed by atoms with Crippen LogP contribution in [0.3, 0.4) is 0 Å². The second-order valence-corrected chi connectivity index (χ2v) is 12.5. The van der Waals surface area contributed by atoms with Gasteiger partial charge in [0, 0.05) is 46.6 Å². The predicted molar refractivity (Wildman–Crippen MR) is 184 cm³/mol. The first-order chi connectivity index (χ1) is 21.8. The first kappa shape index (κ1) is 33.5. The zero-order valence-electron chi connectivity index (χ0n) is 25.2. The van der Waals surface area contributed by atoms with Gasteiger partial charge in [0.1, 0.15) is 11.6 Å². The summed E-state index contributed by atoms with van der Waals surface area (Å²) in [6.07, 6.45) is 4.19. The first-order valence-electron chi connectivity index (χ1n) is 14.9. The highest BCUT2D eigenvalue weighted by molar-refractivity contribution is 8.15. The fraction of sp³-hybridized carbons (Fsp3) is 0.257. The zero-order chi connectivity index (χ0) is 31.4. The molecule has 1 aromatic heterocycles. The number of hydrogen-bond acceptors (Lipinski definition) is 8. The summed E-state index contributed by atoms with van der Waals surface area (Å²) >= 11 is 7.01. The topological polar surface area (TPSA) is 104 Å². The summed E-state index contributed by atoms with van der Waals surface area (Å²) in [5.74, 6) is 1.46. The second-order valence-electron chi connectivity index (χ2n) is 10.9. The number of aryl methyl sites for hydroxylation is 1. The van der Waals surface area contributed by atoms with Crippen LogP contribution < -0.4 is 10.1 Å². The van der Waals surface area contributed by atoms with Gasteiger partial charge in [0.25, 0.3) is 5.24 Å². The lowest BCUT2D eigenvalue weighted by Gasteiger charge is -2.33. The Hall–Kier alpha value is -3.89. The van der Waals surface area contributed by atoms with E-state index in [0.717, 1.165) is 77.2 Å². The lowest BCUT2D eigenvalue weighted by molar-refractivity contribution is -0.118. The number of halogens is 2. The van der Waals surface area contributed by atoms with Gasteiger partial charge in [-0.1, -0.05) is 84.9 Å². The molecule has 11 heteroatoms. The molecular formula is C35H34Cl2N4O4S. The molecular weight excluding hydrogens is 643 g/mol. The van der Waals surface area contributed by atoms with Gasteiger partial charge in [0.2, 0.25) is 5.91 Å². The molecule has 1 fully saturated rings. The SMILES string of the molecule is CCc1ccc(CCOc2ccc(CC3SC(=O)NC3=O)cc2)nc1.Cl.OC1(c2ccc(Cl)cc2)c2ccccc2C2=NCCN21. The average molecular weight is 678 g/mol. The molecule has 1 saturated heterocycles. The summed E-state index contributed by atoms with van der Waals surface area (Å²) in [7, 11) is 0. The van der Waals surface area contributed by atoms with E-state index in [1.165, 1.54) is 5.56 Å². The van der Waals surface area contributed by atoms with E-state index in [4.69, 9.17) is 16.3 Å². The van der Waals surface area contributed by atoms with Crippen LogP contribution in [0, 0.1) is 0 Å². The number of aliphatic imine (C=N–C) groups is 1. The monoisotopic (exact) mass is 676 g/mol. The molecule has 3 aromatic carbocycles. The molecule has 0 saturated carbocycles. The van der Waals surface area contributed by atoms with E-state index in [0.29, 0.717) is 18.1 Å². The van der Waals surface area contributed by atoms with Crippen LogP contribution in [0.1, 0.15) is 40.4 Å². The van der Waals surface area contributed by atoms with E-state index >= 15 is 0 Å². The van der Waals surface area contributed by atoms with Crippen molar-refractivity contribution in [1.82, 2.24) is 15.2 Å². The van der Waals surface area contributed by atoms with Crippen molar-refractivity contribution in [2.75, 3.05) is 19.7 Å². The number of amides is 2. The molecule has 0 aliphatic carbocycles. The third-order valence-electron chi connectivity index (χ3n) is 8.05. The largest absolute Gasteiger partial charge is 0.493 e. The van der Waals surface area contributed by atoms with Crippen LogP contribution in [-0.2, 0) is 29.8 Å². The van der Waals surface area contributed by atoms with E-state index in [-0.39, 0.29) is 28.8 Å². The number of pyridine rings is 1. The Morgan fingerprint density at radius 1 is 1.02 bits per heavy atom. The molecule has 2 N–H and O–H groups in total. The first-order valence-corrected chi connectivity index (χ1v) is 16.2. The van der Waals surface area contributed by atoms with Gasteiger partial charge in [-0.2, -0.15) is 0 Å². The van der Waals surface area contributed by atoms with Gasteiger partial charge in [0.05, 0.1) is 18.4 Å². The van der Waals surface area contributed by atoms with Crippen LogP contribution in [0.4, 0.5) is 4.79 Å². The van der Waals surface area contributed by atoms with Gasteiger partial charge in [-0.05, 0) is 54.3 Å². The third kappa shape index (κ3) is 7.08. The molecule has 0 bridgehead atoms. The molecule has 0 radical (unpaired) electrons. The summed E-state index contributed by atoms with van der Waals surface area (Å²) in [5.41, 5.74) is 4.84. The van der Waals surface area contributed by atoms with Crippen molar-refractivity contribution < 1.29 is 19.4 Å². The van der Waals surface area contributed by atoms with E-state index in [1.54, 1.807) is 0 Å². The fourth-order valence-corrected chi connectivity index (χ4v) is 6.65. The maximum atomic E-state index is 11.6. The van der Waals surface area contributed by atoms with Crippen molar-refractivity contribution in [2.24, 2.45) is 4.99 Å². The van der Waals surface area contributed by atoms with Crippen molar-refractivity contribution in [3.63, 3.8) is 0 Å². The van der Waals surface area contributed by atoms with Crippen molar-refractivity contribution >= 4 is 52.8 Å². The average Bonchev–Trinajstić information content (AvgIpc) is 3.74. The number of hydrogen-bond donors (Lipinski definition) is 2. The number of thioether (sulfide) groups is 1. The lowest BCUT2D eigenvalue weighted by atomic mass is 9.94. The minimum absolute atomic E-state index is 0. The van der Waals surface area contributed by atoms with Gasteiger partial charge < -0.3 is 14.7 Å².